The fourth-order valence-corrected chi connectivity index (χ4v) is 1.31. The zero-order valence-electron chi connectivity index (χ0n) is 10.1. The summed E-state index contributed by atoms with van der Waals surface area (Å²) in [5, 5.41) is 2.98. The highest BCUT2D eigenvalue weighted by molar-refractivity contribution is 5.95. The van der Waals surface area contributed by atoms with Crippen molar-refractivity contribution in [2.75, 3.05) is 5.32 Å². The van der Waals surface area contributed by atoms with Crippen molar-refractivity contribution in [1.82, 2.24) is 0 Å². The highest BCUT2D eigenvalue weighted by atomic mass is 16.2. The summed E-state index contributed by atoms with van der Waals surface area (Å²) in [7, 11) is 0. The van der Waals surface area contributed by atoms with E-state index in [4.69, 9.17) is 0 Å². The van der Waals surface area contributed by atoms with Gasteiger partial charge in [-0.1, -0.05) is 39.0 Å². The fourth-order valence-electron chi connectivity index (χ4n) is 1.31. The molecule has 0 saturated heterocycles. The average Bonchev–Trinajstić information content (AvgIpc) is 2.09. The molecule has 0 aromatic heterocycles. The van der Waals surface area contributed by atoms with Crippen LogP contribution < -0.4 is 5.32 Å². The maximum Gasteiger partial charge on any atom is 0.229 e. The Morgan fingerprint density at radius 2 is 1.60 bits per heavy atom. The lowest BCUT2D eigenvalue weighted by Gasteiger charge is -2.19. The van der Waals surface area contributed by atoms with Crippen LogP contribution in [0.25, 0.3) is 0 Å². The molecule has 0 aliphatic heterocycles. The van der Waals surface area contributed by atoms with Crippen molar-refractivity contribution in [1.29, 1.82) is 0 Å². The van der Waals surface area contributed by atoms with Gasteiger partial charge in [-0.15, -0.1) is 0 Å². The van der Waals surface area contributed by atoms with Crippen LogP contribution in [0.1, 0.15) is 31.9 Å². The first-order valence-corrected chi connectivity index (χ1v) is 5.20. The van der Waals surface area contributed by atoms with E-state index in [1.54, 1.807) is 0 Å². The summed E-state index contributed by atoms with van der Waals surface area (Å²) in [4.78, 5) is 11.8. The van der Waals surface area contributed by atoms with Crippen LogP contribution in [0.4, 0.5) is 5.69 Å². The minimum Gasteiger partial charge on any atom is -0.325 e. The summed E-state index contributed by atoms with van der Waals surface area (Å²) in [6.07, 6.45) is 0. The molecule has 2 heteroatoms. The number of benzene rings is 1. The van der Waals surface area contributed by atoms with E-state index in [9.17, 15) is 4.79 Å². The molecule has 0 radical (unpaired) electrons. The van der Waals surface area contributed by atoms with Crippen LogP contribution in [0.2, 0.25) is 0 Å². The third-order valence-corrected chi connectivity index (χ3v) is 2.40. The third-order valence-electron chi connectivity index (χ3n) is 2.40. The summed E-state index contributed by atoms with van der Waals surface area (Å²) in [5.41, 5.74) is 2.80. The number of carbonyl (C=O) groups excluding carboxylic acids is 1. The molecule has 82 valence electrons. The molecular weight excluding hydrogens is 186 g/mol. The maximum atomic E-state index is 11.8. The Kier molecular flexibility index (Phi) is 3.18. The molecule has 0 saturated carbocycles. The number of anilines is 1. The molecule has 1 aromatic rings. The molecule has 1 rings (SSSR count). The third kappa shape index (κ3) is 2.82. The summed E-state index contributed by atoms with van der Waals surface area (Å²) in [5.74, 6) is 0.0555. The lowest BCUT2D eigenvalue weighted by Crippen LogP contribution is -2.28. The Hall–Kier alpha value is -1.31. The first-order chi connectivity index (χ1) is 6.82. The second-order valence-corrected chi connectivity index (χ2v) is 4.97. The number of aryl methyl sites for hydroxylation is 2. The number of carbonyl (C=O) groups is 1. The molecule has 0 bridgehead atoms. The lowest BCUT2D eigenvalue weighted by atomic mass is 9.95. The van der Waals surface area contributed by atoms with Crippen molar-refractivity contribution < 1.29 is 4.79 Å². The minimum absolute atomic E-state index is 0.0555. The predicted molar refractivity (Wildman–Crippen MR) is 64.0 cm³/mol. The number of rotatable bonds is 1. The Bertz CT molecular complexity index is 354. The van der Waals surface area contributed by atoms with E-state index >= 15 is 0 Å². The van der Waals surface area contributed by atoms with Gasteiger partial charge in [0.1, 0.15) is 0 Å². The van der Waals surface area contributed by atoms with Crippen LogP contribution in [0.5, 0.6) is 0 Å². The van der Waals surface area contributed by atoms with Gasteiger partial charge in [-0.05, 0) is 25.0 Å². The Morgan fingerprint density at radius 3 is 2.00 bits per heavy atom. The van der Waals surface area contributed by atoms with E-state index in [0.29, 0.717) is 0 Å². The zero-order valence-corrected chi connectivity index (χ0v) is 10.1. The van der Waals surface area contributed by atoms with Crippen LogP contribution >= 0.6 is 0 Å². The van der Waals surface area contributed by atoms with Crippen LogP contribution in [0.15, 0.2) is 18.2 Å². The van der Waals surface area contributed by atoms with Crippen LogP contribution in [0, 0.1) is 19.3 Å². The summed E-state index contributed by atoms with van der Waals surface area (Å²) >= 11 is 0. The topological polar surface area (TPSA) is 29.1 Å². The van der Waals surface area contributed by atoms with Crippen molar-refractivity contribution in [3.63, 3.8) is 0 Å². The smallest absolute Gasteiger partial charge is 0.229 e. The molecule has 0 unspecified atom stereocenters. The first-order valence-electron chi connectivity index (χ1n) is 5.20. The molecule has 0 fully saturated rings. The van der Waals surface area contributed by atoms with Crippen LogP contribution in [0.3, 0.4) is 0 Å². The molecule has 0 atom stereocenters. The first kappa shape index (κ1) is 11.8. The molecule has 1 N–H and O–H groups in total. The second-order valence-electron chi connectivity index (χ2n) is 4.97. The number of amides is 1. The van der Waals surface area contributed by atoms with E-state index in [-0.39, 0.29) is 11.3 Å². The molecule has 2 nitrogen and oxygen atoms in total. The normalized spacial score (nSPS) is 11.3. The second kappa shape index (κ2) is 4.05. The lowest BCUT2D eigenvalue weighted by molar-refractivity contribution is -0.123. The molecule has 1 aromatic carbocycles. The van der Waals surface area contributed by atoms with E-state index in [0.717, 1.165) is 16.8 Å². The van der Waals surface area contributed by atoms with Gasteiger partial charge in [-0.3, -0.25) is 4.79 Å². The van der Waals surface area contributed by atoms with Gasteiger partial charge in [0.2, 0.25) is 5.91 Å². The highest BCUT2D eigenvalue weighted by Gasteiger charge is 2.21. The number of hydrogen-bond acceptors (Lipinski definition) is 1. The highest BCUT2D eigenvalue weighted by Crippen LogP contribution is 2.23. The van der Waals surface area contributed by atoms with E-state index in [2.05, 4.69) is 5.32 Å². The standard InChI is InChI=1S/C13H19NO/c1-9-7-6-8-10(2)11(9)14-12(15)13(3,4)5/h6-8H,1-5H3,(H,14,15). The number of para-hydroxylation sites is 1. The molecule has 0 spiro atoms. The Morgan fingerprint density at radius 1 is 1.13 bits per heavy atom. The van der Waals surface area contributed by atoms with Gasteiger partial charge in [0.25, 0.3) is 0 Å². The predicted octanol–water partition coefficient (Wildman–Crippen LogP) is 3.29. The van der Waals surface area contributed by atoms with E-state index in [1.165, 1.54) is 0 Å². The van der Waals surface area contributed by atoms with Crippen molar-refractivity contribution >= 4 is 11.6 Å². The van der Waals surface area contributed by atoms with E-state index < -0.39 is 0 Å². The van der Waals surface area contributed by atoms with Crippen molar-refractivity contribution in [2.24, 2.45) is 5.41 Å². The van der Waals surface area contributed by atoms with Gasteiger partial charge in [0.05, 0.1) is 0 Å². The maximum absolute atomic E-state index is 11.8. The molecular formula is C13H19NO. The van der Waals surface area contributed by atoms with Gasteiger partial charge < -0.3 is 5.32 Å². The van der Waals surface area contributed by atoms with Crippen LogP contribution in [-0.2, 0) is 4.79 Å². The molecule has 0 aliphatic carbocycles. The van der Waals surface area contributed by atoms with Gasteiger partial charge in [-0.25, -0.2) is 0 Å². The van der Waals surface area contributed by atoms with Crippen molar-refractivity contribution in [3.8, 4) is 0 Å². The largest absolute Gasteiger partial charge is 0.325 e. The fraction of sp³-hybridized carbons (Fsp3) is 0.462. The minimum atomic E-state index is -0.352. The van der Waals surface area contributed by atoms with Crippen molar-refractivity contribution in [3.05, 3.63) is 29.3 Å². The monoisotopic (exact) mass is 205 g/mol. The van der Waals surface area contributed by atoms with E-state index in [1.807, 2.05) is 52.8 Å². The quantitative estimate of drug-likeness (QED) is 0.749. The molecule has 0 heterocycles. The number of nitrogens with one attached hydrogen (secondary N) is 1. The SMILES string of the molecule is Cc1cccc(C)c1NC(=O)C(C)(C)C. The van der Waals surface area contributed by atoms with Gasteiger partial charge >= 0.3 is 0 Å². The molecule has 1 amide bonds. The molecule has 0 aliphatic rings. The van der Waals surface area contributed by atoms with Gasteiger partial charge in [-0.2, -0.15) is 0 Å². The van der Waals surface area contributed by atoms with Gasteiger partial charge in [0.15, 0.2) is 0 Å². The van der Waals surface area contributed by atoms with Crippen molar-refractivity contribution in [2.45, 2.75) is 34.6 Å². The summed E-state index contributed by atoms with van der Waals surface area (Å²) < 4.78 is 0. The Labute approximate surface area is 91.7 Å². The zero-order chi connectivity index (χ0) is 11.6. The molecule has 15 heavy (non-hydrogen) atoms. The summed E-state index contributed by atoms with van der Waals surface area (Å²) in [6.45, 7) is 9.75. The number of hydrogen-bond donors (Lipinski definition) is 1. The Balaban J connectivity index is 2.95. The summed E-state index contributed by atoms with van der Waals surface area (Å²) in [6, 6.07) is 6.01. The van der Waals surface area contributed by atoms with Crippen LogP contribution in [-0.4, -0.2) is 5.91 Å². The average molecular weight is 205 g/mol. The van der Waals surface area contributed by atoms with Gasteiger partial charge in [0, 0.05) is 11.1 Å².